The molecule has 1 N–H and O–H groups in total. The Balaban J connectivity index is 1.71. The number of benzene rings is 1. The van der Waals surface area contributed by atoms with E-state index in [9.17, 15) is 13.2 Å². The summed E-state index contributed by atoms with van der Waals surface area (Å²) in [4.78, 5) is 18.5. The van der Waals surface area contributed by atoms with Gasteiger partial charge in [0, 0.05) is 12.0 Å². The Morgan fingerprint density at radius 1 is 1.48 bits per heavy atom. The van der Waals surface area contributed by atoms with Crippen LogP contribution in [0.2, 0.25) is 0 Å². The highest BCUT2D eigenvalue weighted by Crippen LogP contribution is 2.38. The lowest BCUT2D eigenvalue weighted by atomic mass is 10.1. The number of amides is 2. The van der Waals surface area contributed by atoms with Gasteiger partial charge in [-0.25, -0.2) is 9.78 Å². The van der Waals surface area contributed by atoms with Crippen molar-refractivity contribution in [2.24, 2.45) is 0 Å². The third kappa shape index (κ3) is 2.94. The number of hydrogen-bond donors (Lipinski definition) is 1. The smallest absolute Gasteiger partial charge is 0.324 e. The zero-order valence-corrected chi connectivity index (χ0v) is 15.3. The van der Waals surface area contributed by atoms with Crippen LogP contribution in [0.15, 0.2) is 12.1 Å². The second-order valence-corrected chi connectivity index (χ2v) is 8.80. The second kappa shape index (κ2) is 5.82. The molecule has 10 heteroatoms. The summed E-state index contributed by atoms with van der Waals surface area (Å²) in [5.74, 6) is 0.834. The van der Waals surface area contributed by atoms with E-state index in [1.165, 1.54) is 16.2 Å². The van der Waals surface area contributed by atoms with Crippen LogP contribution in [-0.2, 0) is 20.7 Å². The Hall–Kier alpha value is -1.91. The van der Waals surface area contributed by atoms with E-state index >= 15 is 0 Å². The SMILES string of the molecule is C[C@H]1NC(=O)N(c2nc3c4c(ccc3s2)OCC4)[C@@H]1COS(C)(=O)=O. The van der Waals surface area contributed by atoms with E-state index in [-0.39, 0.29) is 18.7 Å². The predicted octanol–water partition coefficient (Wildman–Crippen LogP) is 1.49. The summed E-state index contributed by atoms with van der Waals surface area (Å²) in [6.07, 6.45) is 1.78. The molecule has 1 aromatic carbocycles. The molecule has 2 aliphatic rings. The Kier molecular flexibility index (Phi) is 3.85. The lowest BCUT2D eigenvalue weighted by molar-refractivity contribution is 0.250. The van der Waals surface area contributed by atoms with Gasteiger partial charge in [-0.2, -0.15) is 8.42 Å². The van der Waals surface area contributed by atoms with E-state index < -0.39 is 16.2 Å². The minimum atomic E-state index is -3.59. The van der Waals surface area contributed by atoms with Gasteiger partial charge in [-0.1, -0.05) is 11.3 Å². The molecule has 2 atom stereocenters. The van der Waals surface area contributed by atoms with Crippen molar-refractivity contribution < 1.29 is 22.1 Å². The molecule has 1 aromatic heterocycles. The van der Waals surface area contributed by atoms with Crippen LogP contribution < -0.4 is 15.0 Å². The van der Waals surface area contributed by atoms with Crippen molar-refractivity contribution in [2.45, 2.75) is 25.4 Å². The topological polar surface area (TPSA) is 97.8 Å². The number of carbonyl (C=O) groups is 1. The van der Waals surface area contributed by atoms with Crippen LogP contribution in [0.3, 0.4) is 0 Å². The number of fused-ring (bicyclic) bond motifs is 3. The molecule has 2 aliphatic heterocycles. The number of aromatic nitrogens is 1. The van der Waals surface area contributed by atoms with Crippen LogP contribution in [-0.4, -0.2) is 51.0 Å². The summed E-state index contributed by atoms with van der Waals surface area (Å²) in [7, 11) is -3.59. The third-order valence-corrected chi connectivity index (χ3v) is 5.94. The first-order chi connectivity index (χ1) is 11.8. The highest BCUT2D eigenvalue weighted by molar-refractivity contribution is 7.85. The molecule has 1 saturated heterocycles. The molecule has 3 heterocycles. The minimum absolute atomic E-state index is 0.115. The lowest BCUT2D eigenvalue weighted by Crippen LogP contribution is -2.40. The summed E-state index contributed by atoms with van der Waals surface area (Å²) in [5.41, 5.74) is 1.89. The zero-order valence-electron chi connectivity index (χ0n) is 13.7. The molecule has 25 heavy (non-hydrogen) atoms. The van der Waals surface area contributed by atoms with Crippen molar-refractivity contribution in [3.05, 3.63) is 17.7 Å². The average Bonchev–Trinajstić information content (AvgIpc) is 3.19. The van der Waals surface area contributed by atoms with E-state index in [1.54, 1.807) is 0 Å². The highest BCUT2D eigenvalue weighted by Gasteiger charge is 2.40. The Labute approximate surface area is 148 Å². The van der Waals surface area contributed by atoms with Gasteiger partial charge < -0.3 is 10.1 Å². The van der Waals surface area contributed by atoms with Gasteiger partial charge in [0.1, 0.15) is 5.75 Å². The normalized spacial score (nSPS) is 23.0. The van der Waals surface area contributed by atoms with Crippen LogP contribution >= 0.6 is 11.3 Å². The molecule has 2 amide bonds. The number of nitrogens with zero attached hydrogens (tertiary/aromatic N) is 2. The Morgan fingerprint density at radius 3 is 3.04 bits per heavy atom. The molecule has 0 unspecified atom stereocenters. The van der Waals surface area contributed by atoms with E-state index in [4.69, 9.17) is 8.92 Å². The van der Waals surface area contributed by atoms with E-state index in [0.717, 1.165) is 34.2 Å². The number of ether oxygens (including phenoxy) is 1. The maximum atomic E-state index is 12.4. The van der Waals surface area contributed by atoms with Gasteiger partial charge in [-0.05, 0) is 19.1 Å². The molecule has 2 aromatic rings. The van der Waals surface area contributed by atoms with Crippen LogP contribution in [0.1, 0.15) is 12.5 Å². The third-order valence-electron chi connectivity index (χ3n) is 4.36. The Morgan fingerprint density at radius 2 is 2.28 bits per heavy atom. The van der Waals surface area contributed by atoms with Crippen LogP contribution in [0.5, 0.6) is 5.75 Å². The fourth-order valence-corrected chi connectivity index (χ4v) is 4.58. The van der Waals surface area contributed by atoms with Gasteiger partial charge in [0.2, 0.25) is 0 Å². The monoisotopic (exact) mass is 383 g/mol. The summed E-state index contributed by atoms with van der Waals surface area (Å²) in [6, 6.07) is 2.84. The van der Waals surface area contributed by atoms with Crippen molar-refractivity contribution in [3.8, 4) is 5.75 Å². The number of thiazole rings is 1. The average molecular weight is 383 g/mol. The number of hydrogen-bond acceptors (Lipinski definition) is 7. The van der Waals surface area contributed by atoms with E-state index in [2.05, 4.69) is 10.3 Å². The van der Waals surface area contributed by atoms with Gasteiger partial charge in [0.05, 0.1) is 41.8 Å². The quantitative estimate of drug-likeness (QED) is 0.804. The van der Waals surface area contributed by atoms with Gasteiger partial charge in [-0.3, -0.25) is 9.08 Å². The number of urea groups is 1. The standard InChI is InChI=1S/C15H17N3O5S2/c1-8-10(7-23-25(2,20)21)18(14(19)16-8)15-17-13-9-5-6-22-11(9)3-4-12(13)24-15/h3-4,8,10H,5-7H2,1-2H3,(H,16,19)/t8-,10-/m1/s1. The van der Waals surface area contributed by atoms with Crippen molar-refractivity contribution in [1.29, 1.82) is 0 Å². The van der Waals surface area contributed by atoms with E-state index in [1.807, 2.05) is 19.1 Å². The number of rotatable bonds is 4. The van der Waals surface area contributed by atoms with Crippen molar-refractivity contribution in [1.82, 2.24) is 10.3 Å². The molecule has 0 saturated carbocycles. The molecular formula is C15H17N3O5S2. The van der Waals surface area contributed by atoms with Crippen molar-refractivity contribution in [2.75, 3.05) is 24.4 Å². The number of anilines is 1. The van der Waals surface area contributed by atoms with Crippen molar-refractivity contribution >= 4 is 42.8 Å². The first kappa shape index (κ1) is 16.6. The predicted molar refractivity (Wildman–Crippen MR) is 93.9 cm³/mol. The number of carbonyl (C=O) groups excluding carboxylic acids is 1. The Bertz CT molecular complexity index is 955. The number of nitrogens with one attached hydrogen (secondary N) is 1. The maximum Gasteiger partial charge on any atom is 0.324 e. The molecule has 8 nitrogen and oxygen atoms in total. The van der Waals surface area contributed by atoms with Crippen LogP contribution in [0.4, 0.5) is 9.93 Å². The fourth-order valence-electron chi connectivity index (χ4n) is 3.14. The first-order valence-corrected chi connectivity index (χ1v) is 10.5. The highest BCUT2D eigenvalue weighted by atomic mass is 32.2. The van der Waals surface area contributed by atoms with E-state index in [0.29, 0.717) is 11.7 Å². The summed E-state index contributed by atoms with van der Waals surface area (Å²) in [5, 5.41) is 3.33. The van der Waals surface area contributed by atoms with Gasteiger partial charge in [0.15, 0.2) is 5.13 Å². The van der Waals surface area contributed by atoms with Gasteiger partial charge in [0.25, 0.3) is 10.1 Å². The first-order valence-electron chi connectivity index (χ1n) is 7.83. The van der Waals surface area contributed by atoms with Crippen molar-refractivity contribution in [3.63, 3.8) is 0 Å². The lowest BCUT2D eigenvalue weighted by Gasteiger charge is -2.21. The fraction of sp³-hybridized carbons (Fsp3) is 0.467. The van der Waals surface area contributed by atoms with Gasteiger partial charge in [-0.15, -0.1) is 0 Å². The minimum Gasteiger partial charge on any atom is -0.493 e. The summed E-state index contributed by atoms with van der Waals surface area (Å²) < 4.78 is 34.1. The molecule has 0 spiro atoms. The zero-order chi connectivity index (χ0) is 17.8. The van der Waals surface area contributed by atoms with Gasteiger partial charge >= 0.3 is 6.03 Å². The van der Waals surface area contributed by atoms with Crippen LogP contribution in [0.25, 0.3) is 10.2 Å². The molecule has 0 radical (unpaired) electrons. The summed E-state index contributed by atoms with van der Waals surface area (Å²) >= 11 is 1.40. The molecule has 0 aliphatic carbocycles. The summed E-state index contributed by atoms with van der Waals surface area (Å²) in [6.45, 7) is 2.33. The largest absolute Gasteiger partial charge is 0.493 e. The molecule has 134 valence electrons. The van der Waals surface area contributed by atoms with Crippen LogP contribution in [0, 0.1) is 0 Å². The molecule has 0 bridgehead atoms. The maximum absolute atomic E-state index is 12.4. The molecular weight excluding hydrogens is 366 g/mol. The second-order valence-electron chi connectivity index (χ2n) is 6.15. The molecule has 4 rings (SSSR count). The molecule has 1 fully saturated rings.